The number of aryl methyl sites for hydroxylation is 1. The van der Waals surface area contributed by atoms with Gasteiger partial charge in [0.2, 0.25) is 5.88 Å². The van der Waals surface area contributed by atoms with E-state index in [1.807, 2.05) is 6.92 Å². The zero-order valence-corrected chi connectivity index (χ0v) is 10.1. The molecule has 0 saturated carbocycles. The topological polar surface area (TPSA) is 79.4 Å². The number of aromatic amines is 1. The molecule has 1 rings (SSSR count). The molecule has 0 unspecified atom stereocenters. The van der Waals surface area contributed by atoms with E-state index in [-0.39, 0.29) is 12.2 Å². The van der Waals surface area contributed by atoms with Crippen molar-refractivity contribution in [3.63, 3.8) is 0 Å². The van der Waals surface area contributed by atoms with Crippen LogP contribution in [0.3, 0.4) is 0 Å². The molecule has 0 aliphatic heterocycles. The van der Waals surface area contributed by atoms with Gasteiger partial charge < -0.3 is 9.84 Å². The molecule has 17 heavy (non-hydrogen) atoms. The Morgan fingerprint density at radius 2 is 2.18 bits per heavy atom. The van der Waals surface area contributed by atoms with Gasteiger partial charge in [-0.1, -0.05) is 13.3 Å². The van der Waals surface area contributed by atoms with Crippen LogP contribution in [0, 0.1) is 0 Å². The number of unbranched alkanes of at least 4 members (excludes halogenated alkanes) is 1. The van der Waals surface area contributed by atoms with Gasteiger partial charge in [0.1, 0.15) is 5.56 Å². The zero-order chi connectivity index (χ0) is 12.8. The molecule has 0 aliphatic rings. The number of hydrogen-bond donors (Lipinski definition) is 2. The molecule has 1 heterocycles. The first-order chi connectivity index (χ1) is 8.10. The van der Waals surface area contributed by atoms with Crippen molar-refractivity contribution in [3.05, 3.63) is 27.5 Å². The summed E-state index contributed by atoms with van der Waals surface area (Å²) in [5.74, 6) is -1.02. The minimum Gasteiger partial charge on any atom is -0.494 e. The summed E-state index contributed by atoms with van der Waals surface area (Å²) in [6, 6.07) is 1.33. The highest BCUT2D eigenvalue weighted by Crippen LogP contribution is 2.19. The van der Waals surface area contributed by atoms with E-state index in [1.54, 1.807) is 6.92 Å². The molecular weight excluding hydrogens is 222 g/mol. The van der Waals surface area contributed by atoms with Crippen molar-refractivity contribution in [2.75, 3.05) is 6.61 Å². The molecule has 2 N–H and O–H groups in total. The Labute approximate surface area is 99.4 Å². The first-order valence-corrected chi connectivity index (χ1v) is 5.72. The van der Waals surface area contributed by atoms with Gasteiger partial charge in [-0.25, -0.2) is 4.79 Å². The molecule has 0 saturated heterocycles. The Morgan fingerprint density at radius 1 is 1.47 bits per heavy atom. The molecule has 1 aromatic heterocycles. The average Bonchev–Trinajstić information content (AvgIpc) is 2.25. The summed E-state index contributed by atoms with van der Waals surface area (Å²) in [7, 11) is 0. The summed E-state index contributed by atoms with van der Waals surface area (Å²) in [5, 5.41) is 9.61. The number of rotatable bonds is 5. The smallest absolute Gasteiger partial charge is 0.343 e. The Morgan fingerprint density at radius 3 is 2.76 bits per heavy atom. The second-order valence-electron chi connectivity index (χ2n) is 3.71. The fourth-order valence-corrected chi connectivity index (χ4v) is 1.59. The highest BCUT2D eigenvalue weighted by atomic mass is 16.5. The molecule has 5 nitrogen and oxygen atoms in total. The van der Waals surface area contributed by atoms with Gasteiger partial charge in [0, 0.05) is 6.07 Å². The van der Waals surface area contributed by atoms with Crippen LogP contribution >= 0.6 is 0 Å². The van der Waals surface area contributed by atoms with Crippen molar-refractivity contribution in [2.24, 2.45) is 0 Å². The Kier molecular flexibility index (Phi) is 4.75. The molecule has 94 valence electrons. The largest absolute Gasteiger partial charge is 0.494 e. The van der Waals surface area contributed by atoms with Crippen molar-refractivity contribution in [1.29, 1.82) is 0 Å². The van der Waals surface area contributed by atoms with Crippen molar-refractivity contribution < 1.29 is 14.6 Å². The number of esters is 1. The van der Waals surface area contributed by atoms with Crippen LogP contribution in [0.25, 0.3) is 0 Å². The van der Waals surface area contributed by atoms with Crippen LogP contribution in [0.2, 0.25) is 0 Å². The van der Waals surface area contributed by atoms with Crippen molar-refractivity contribution in [3.8, 4) is 5.88 Å². The highest BCUT2D eigenvalue weighted by molar-refractivity contribution is 5.93. The lowest BCUT2D eigenvalue weighted by Gasteiger charge is -2.09. The van der Waals surface area contributed by atoms with E-state index in [1.165, 1.54) is 6.07 Å². The fourth-order valence-electron chi connectivity index (χ4n) is 1.59. The molecule has 0 bridgehead atoms. The van der Waals surface area contributed by atoms with Gasteiger partial charge in [-0.15, -0.1) is 0 Å². The third-order valence-corrected chi connectivity index (χ3v) is 2.38. The number of pyridine rings is 1. The quantitative estimate of drug-likeness (QED) is 0.765. The normalized spacial score (nSPS) is 10.2. The summed E-state index contributed by atoms with van der Waals surface area (Å²) in [4.78, 5) is 25.1. The summed E-state index contributed by atoms with van der Waals surface area (Å²) < 4.78 is 4.85. The molecule has 0 fully saturated rings. The van der Waals surface area contributed by atoms with Gasteiger partial charge in [-0.3, -0.25) is 9.78 Å². The molecule has 1 aromatic rings. The van der Waals surface area contributed by atoms with Crippen LogP contribution in [-0.4, -0.2) is 22.7 Å². The van der Waals surface area contributed by atoms with Gasteiger partial charge in [-0.05, 0) is 25.3 Å². The molecule has 0 spiro atoms. The van der Waals surface area contributed by atoms with E-state index in [0.29, 0.717) is 12.0 Å². The monoisotopic (exact) mass is 239 g/mol. The van der Waals surface area contributed by atoms with Crippen LogP contribution in [0.15, 0.2) is 10.9 Å². The third-order valence-electron chi connectivity index (χ3n) is 2.38. The standard InChI is InChI=1S/C12H17NO4/c1-3-5-6-8-7-9(14)13-11(15)10(8)12(16)17-4-2/h7H,3-6H2,1-2H3,(H2,13,14,15). The number of aromatic nitrogens is 1. The van der Waals surface area contributed by atoms with E-state index >= 15 is 0 Å². The maximum absolute atomic E-state index is 11.7. The third kappa shape index (κ3) is 3.34. The maximum atomic E-state index is 11.7. The number of hydrogen-bond acceptors (Lipinski definition) is 4. The average molecular weight is 239 g/mol. The predicted molar refractivity (Wildman–Crippen MR) is 63.3 cm³/mol. The molecule has 0 aromatic carbocycles. The molecule has 5 heteroatoms. The first-order valence-electron chi connectivity index (χ1n) is 5.72. The van der Waals surface area contributed by atoms with Crippen molar-refractivity contribution >= 4 is 5.97 Å². The van der Waals surface area contributed by atoms with Gasteiger partial charge in [0.05, 0.1) is 6.61 Å². The Hall–Kier alpha value is -1.78. The van der Waals surface area contributed by atoms with Gasteiger partial charge in [0.25, 0.3) is 5.56 Å². The lowest BCUT2D eigenvalue weighted by molar-refractivity contribution is 0.0520. The molecule has 0 aliphatic carbocycles. The Bertz CT molecular complexity index is 450. The maximum Gasteiger partial charge on any atom is 0.343 e. The Balaban J connectivity index is 3.15. The predicted octanol–water partition coefficient (Wildman–Crippen LogP) is 1.60. The van der Waals surface area contributed by atoms with Crippen LogP contribution in [0.5, 0.6) is 5.88 Å². The van der Waals surface area contributed by atoms with Gasteiger partial charge >= 0.3 is 5.97 Å². The summed E-state index contributed by atoms with van der Waals surface area (Å²) in [6.07, 6.45) is 2.35. The lowest BCUT2D eigenvalue weighted by atomic mass is 10.0. The second kappa shape index (κ2) is 6.08. The number of H-pyrrole nitrogens is 1. The van der Waals surface area contributed by atoms with E-state index in [0.717, 1.165) is 12.8 Å². The number of carbonyl (C=O) groups excluding carboxylic acids is 1. The molecule has 0 amide bonds. The van der Waals surface area contributed by atoms with Crippen LogP contribution in [-0.2, 0) is 11.2 Å². The minimum absolute atomic E-state index is 0.0694. The number of nitrogens with one attached hydrogen (secondary N) is 1. The SMILES string of the molecule is CCCCc1cc(=O)[nH]c(O)c1C(=O)OCC. The van der Waals surface area contributed by atoms with Crippen LogP contribution in [0.4, 0.5) is 0 Å². The number of ether oxygens (including phenoxy) is 1. The molecule has 0 radical (unpaired) electrons. The number of aromatic hydroxyl groups is 1. The molecule has 0 atom stereocenters. The summed E-state index contributed by atoms with van der Waals surface area (Å²) >= 11 is 0. The second-order valence-corrected chi connectivity index (χ2v) is 3.71. The van der Waals surface area contributed by atoms with Crippen LogP contribution < -0.4 is 5.56 Å². The van der Waals surface area contributed by atoms with Gasteiger partial charge in [-0.2, -0.15) is 0 Å². The van der Waals surface area contributed by atoms with Gasteiger partial charge in [0.15, 0.2) is 0 Å². The fraction of sp³-hybridized carbons (Fsp3) is 0.500. The summed E-state index contributed by atoms with van der Waals surface area (Å²) in [6.45, 7) is 3.92. The first kappa shape index (κ1) is 13.3. The van der Waals surface area contributed by atoms with E-state index in [9.17, 15) is 14.7 Å². The lowest BCUT2D eigenvalue weighted by Crippen LogP contribution is -2.15. The van der Waals surface area contributed by atoms with E-state index < -0.39 is 17.4 Å². The number of carbonyl (C=O) groups is 1. The zero-order valence-electron chi connectivity index (χ0n) is 10.1. The van der Waals surface area contributed by atoms with Crippen molar-refractivity contribution in [2.45, 2.75) is 33.1 Å². The van der Waals surface area contributed by atoms with E-state index in [2.05, 4.69) is 4.98 Å². The van der Waals surface area contributed by atoms with Crippen LogP contribution in [0.1, 0.15) is 42.6 Å². The summed E-state index contributed by atoms with van der Waals surface area (Å²) in [5.41, 5.74) is 0.188. The minimum atomic E-state index is -0.604. The molecular formula is C12H17NO4. The highest BCUT2D eigenvalue weighted by Gasteiger charge is 2.18. The van der Waals surface area contributed by atoms with E-state index in [4.69, 9.17) is 4.74 Å². The van der Waals surface area contributed by atoms with Crippen molar-refractivity contribution in [1.82, 2.24) is 4.98 Å².